The average Bonchev–Trinajstić information content (AvgIpc) is 2.38. The number of hydrogen-bond acceptors (Lipinski definition) is 3. The summed E-state index contributed by atoms with van der Waals surface area (Å²) in [7, 11) is 0. The summed E-state index contributed by atoms with van der Waals surface area (Å²) in [6.07, 6.45) is 3.63. The van der Waals surface area contributed by atoms with Gasteiger partial charge in [-0.3, -0.25) is 9.78 Å². The molecule has 0 aliphatic heterocycles. The Morgan fingerprint density at radius 3 is 2.33 bits per heavy atom. The maximum Gasteiger partial charge on any atom is 0.224 e. The molecule has 122 valence electrons. The van der Waals surface area contributed by atoms with Gasteiger partial charge in [0, 0.05) is 36.8 Å². The highest BCUT2D eigenvalue weighted by Gasteiger charge is 2.20. The Labute approximate surface area is 140 Å². The number of halogens is 2. The van der Waals surface area contributed by atoms with Gasteiger partial charge in [-0.15, -0.1) is 24.8 Å². The van der Waals surface area contributed by atoms with Gasteiger partial charge in [0.1, 0.15) is 0 Å². The largest absolute Gasteiger partial charge is 0.355 e. The summed E-state index contributed by atoms with van der Waals surface area (Å²) in [5.74, 6) is 0.569. The fourth-order valence-electron chi connectivity index (χ4n) is 1.94. The van der Waals surface area contributed by atoms with Crippen molar-refractivity contribution in [3.8, 4) is 0 Å². The van der Waals surface area contributed by atoms with E-state index in [9.17, 15) is 4.79 Å². The minimum atomic E-state index is -0.165. The van der Waals surface area contributed by atoms with Gasteiger partial charge < -0.3 is 11.1 Å². The summed E-state index contributed by atoms with van der Waals surface area (Å²) in [4.78, 5) is 16.1. The molecular weight excluding hydrogens is 309 g/mol. The molecule has 0 aromatic carbocycles. The molecule has 1 rings (SSSR count). The molecule has 3 unspecified atom stereocenters. The number of nitrogens with two attached hydrogens (primary N) is 1. The van der Waals surface area contributed by atoms with E-state index in [1.54, 1.807) is 6.20 Å². The number of carbonyl (C=O) groups is 1. The molecule has 1 amide bonds. The van der Waals surface area contributed by atoms with Crippen LogP contribution in [-0.4, -0.2) is 23.5 Å². The van der Waals surface area contributed by atoms with Crippen LogP contribution in [0, 0.1) is 11.8 Å². The molecule has 0 radical (unpaired) electrons. The molecule has 0 saturated carbocycles. The fraction of sp³-hybridized carbons (Fsp3) is 0.600. The SMILES string of the molecule is CC(C)C(CNC(=O)C(C)C(C)N)c1cccnc1.Cl.Cl. The number of nitrogens with zero attached hydrogens (tertiary/aromatic N) is 1. The maximum absolute atomic E-state index is 11.9. The molecule has 0 aliphatic rings. The molecule has 0 bridgehead atoms. The van der Waals surface area contributed by atoms with Crippen LogP contribution < -0.4 is 11.1 Å². The first kappa shape index (κ1) is 22.4. The molecule has 1 heterocycles. The van der Waals surface area contributed by atoms with Crippen LogP contribution in [-0.2, 0) is 4.79 Å². The Morgan fingerprint density at radius 2 is 1.90 bits per heavy atom. The lowest BCUT2D eigenvalue weighted by Gasteiger charge is -2.23. The lowest BCUT2D eigenvalue weighted by atomic mass is 9.89. The van der Waals surface area contributed by atoms with Crippen molar-refractivity contribution in [1.82, 2.24) is 10.3 Å². The lowest BCUT2D eigenvalue weighted by molar-refractivity contribution is -0.125. The molecule has 3 atom stereocenters. The van der Waals surface area contributed by atoms with E-state index in [1.807, 2.05) is 26.1 Å². The van der Waals surface area contributed by atoms with Crippen LogP contribution in [0.1, 0.15) is 39.2 Å². The summed E-state index contributed by atoms with van der Waals surface area (Å²) in [5.41, 5.74) is 6.90. The van der Waals surface area contributed by atoms with Gasteiger partial charge in [-0.05, 0) is 24.5 Å². The Balaban J connectivity index is 0. The highest BCUT2D eigenvalue weighted by atomic mass is 35.5. The second-order valence-corrected chi connectivity index (χ2v) is 5.53. The molecule has 0 aliphatic carbocycles. The van der Waals surface area contributed by atoms with Gasteiger partial charge in [0.15, 0.2) is 0 Å². The molecule has 0 fully saturated rings. The molecule has 0 spiro atoms. The van der Waals surface area contributed by atoms with Crippen molar-refractivity contribution in [3.63, 3.8) is 0 Å². The van der Waals surface area contributed by atoms with E-state index in [1.165, 1.54) is 0 Å². The molecule has 0 saturated heterocycles. The standard InChI is InChI=1S/C15H25N3O.2ClH/c1-10(2)14(13-6-5-7-17-8-13)9-18-15(19)11(3)12(4)16;;/h5-8,10-12,14H,9,16H2,1-4H3,(H,18,19);2*1H. The third-order valence-corrected chi connectivity index (χ3v) is 3.62. The van der Waals surface area contributed by atoms with Gasteiger partial charge in [0.25, 0.3) is 0 Å². The smallest absolute Gasteiger partial charge is 0.224 e. The van der Waals surface area contributed by atoms with E-state index in [4.69, 9.17) is 5.73 Å². The van der Waals surface area contributed by atoms with Gasteiger partial charge in [0.05, 0.1) is 0 Å². The van der Waals surface area contributed by atoms with Crippen LogP contribution in [0.25, 0.3) is 0 Å². The number of amides is 1. The average molecular weight is 336 g/mol. The van der Waals surface area contributed by atoms with Crippen molar-refractivity contribution in [1.29, 1.82) is 0 Å². The van der Waals surface area contributed by atoms with Crippen molar-refractivity contribution in [2.45, 2.75) is 39.7 Å². The van der Waals surface area contributed by atoms with Crippen molar-refractivity contribution in [2.24, 2.45) is 17.6 Å². The lowest BCUT2D eigenvalue weighted by Crippen LogP contribution is -2.40. The predicted octanol–water partition coefficient (Wildman–Crippen LogP) is 2.76. The number of pyridine rings is 1. The van der Waals surface area contributed by atoms with E-state index < -0.39 is 0 Å². The van der Waals surface area contributed by atoms with Crippen molar-refractivity contribution in [3.05, 3.63) is 30.1 Å². The van der Waals surface area contributed by atoms with Crippen LogP contribution in [0.3, 0.4) is 0 Å². The van der Waals surface area contributed by atoms with E-state index >= 15 is 0 Å². The first-order valence-corrected chi connectivity index (χ1v) is 6.86. The molecule has 6 heteroatoms. The topological polar surface area (TPSA) is 68.0 Å². The zero-order valence-corrected chi connectivity index (χ0v) is 14.7. The second kappa shape index (κ2) is 10.8. The summed E-state index contributed by atoms with van der Waals surface area (Å²) in [6, 6.07) is 3.85. The van der Waals surface area contributed by atoms with Gasteiger partial charge in [0.2, 0.25) is 5.91 Å². The molecule has 3 N–H and O–H groups in total. The zero-order valence-electron chi connectivity index (χ0n) is 13.1. The maximum atomic E-state index is 11.9. The summed E-state index contributed by atoms with van der Waals surface area (Å²) in [5, 5.41) is 3.00. The van der Waals surface area contributed by atoms with E-state index in [0.717, 1.165) is 5.56 Å². The number of nitrogens with one attached hydrogen (secondary N) is 1. The summed E-state index contributed by atoms with van der Waals surface area (Å²) >= 11 is 0. The third kappa shape index (κ3) is 7.11. The molecular formula is C15H27Cl2N3O. The number of rotatable bonds is 6. The number of hydrogen-bond donors (Lipinski definition) is 2. The first-order valence-electron chi connectivity index (χ1n) is 6.86. The fourth-order valence-corrected chi connectivity index (χ4v) is 1.94. The minimum Gasteiger partial charge on any atom is -0.355 e. The highest BCUT2D eigenvalue weighted by molar-refractivity contribution is 5.85. The zero-order chi connectivity index (χ0) is 14.4. The Hall–Kier alpha value is -0.840. The van der Waals surface area contributed by atoms with Crippen LogP contribution in [0.5, 0.6) is 0 Å². The number of carbonyl (C=O) groups excluding carboxylic acids is 1. The predicted molar refractivity (Wildman–Crippen MR) is 92.1 cm³/mol. The van der Waals surface area contributed by atoms with Crippen molar-refractivity contribution in [2.75, 3.05) is 6.54 Å². The Kier molecular flexibility index (Phi) is 11.6. The van der Waals surface area contributed by atoms with Crippen LogP contribution in [0.15, 0.2) is 24.5 Å². The summed E-state index contributed by atoms with van der Waals surface area (Å²) < 4.78 is 0. The van der Waals surface area contributed by atoms with Crippen molar-refractivity contribution < 1.29 is 4.79 Å². The minimum absolute atomic E-state index is 0. The van der Waals surface area contributed by atoms with E-state index in [0.29, 0.717) is 12.5 Å². The molecule has 1 aromatic rings. The van der Waals surface area contributed by atoms with Crippen LogP contribution in [0.2, 0.25) is 0 Å². The highest BCUT2D eigenvalue weighted by Crippen LogP contribution is 2.22. The third-order valence-electron chi connectivity index (χ3n) is 3.62. The quantitative estimate of drug-likeness (QED) is 0.839. The van der Waals surface area contributed by atoms with Crippen LogP contribution in [0.4, 0.5) is 0 Å². The normalized spacial score (nSPS) is 14.4. The monoisotopic (exact) mass is 335 g/mol. The van der Waals surface area contributed by atoms with E-state index in [-0.39, 0.29) is 48.6 Å². The van der Waals surface area contributed by atoms with Gasteiger partial charge in [-0.1, -0.05) is 26.8 Å². The Morgan fingerprint density at radius 1 is 1.29 bits per heavy atom. The molecule has 21 heavy (non-hydrogen) atoms. The van der Waals surface area contributed by atoms with E-state index in [2.05, 4.69) is 30.2 Å². The molecule has 1 aromatic heterocycles. The summed E-state index contributed by atoms with van der Waals surface area (Å²) in [6.45, 7) is 8.64. The Bertz CT molecular complexity index is 399. The molecule has 4 nitrogen and oxygen atoms in total. The first-order chi connectivity index (χ1) is 8.93. The van der Waals surface area contributed by atoms with Gasteiger partial charge in [-0.25, -0.2) is 0 Å². The van der Waals surface area contributed by atoms with Gasteiger partial charge >= 0.3 is 0 Å². The second-order valence-electron chi connectivity index (χ2n) is 5.53. The van der Waals surface area contributed by atoms with Crippen molar-refractivity contribution >= 4 is 30.7 Å². The van der Waals surface area contributed by atoms with Gasteiger partial charge in [-0.2, -0.15) is 0 Å². The number of aromatic nitrogens is 1. The van der Waals surface area contributed by atoms with Crippen LogP contribution >= 0.6 is 24.8 Å².